The van der Waals surface area contributed by atoms with E-state index >= 15 is 0 Å². The Kier molecular flexibility index (Phi) is 13.0. The molecule has 4 aromatic carbocycles. The minimum Gasteiger partial charge on any atom is -0.466 e. The molecule has 0 saturated carbocycles. The predicted octanol–water partition coefficient (Wildman–Crippen LogP) is 10.5. The minimum atomic E-state index is -0.933. The van der Waals surface area contributed by atoms with Gasteiger partial charge in [-0.3, -0.25) is 14.4 Å². The molecule has 1 atom stereocenters. The molecule has 6 aromatic rings. The molecular formula is C45H44F2N2O7. The number of carbonyl (C=O) groups is 4. The lowest BCUT2D eigenvalue weighted by Crippen LogP contribution is -2.18. The van der Waals surface area contributed by atoms with Crippen LogP contribution in [0.3, 0.4) is 0 Å². The van der Waals surface area contributed by atoms with E-state index in [1.54, 1.807) is 24.3 Å². The second kappa shape index (κ2) is 17.9. The fourth-order valence-electron chi connectivity index (χ4n) is 7.03. The Morgan fingerprint density at radius 3 is 1.62 bits per heavy atom. The van der Waals surface area contributed by atoms with Crippen LogP contribution in [0.15, 0.2) is 109 Å². The molecule has 9 nitrogen and oxygen atoms in total. The third kappa shape index (κ3) is 8.94. The molecule has 2 aromatic heterocycles. The molecule has 0 aliphatic heterocycles. The highest BCUT2D eigenvalue weighted by atomic mass is 19.1. The maximum Gasteiger partial charge on any atom is 0.333 e. The molecule has 0 amide bonds. The van der Waals surface area contributed by atoms with Gasteiger partial charge in [-0.25, -0.2) is 13.6 Å². The Hall–Kier alpha value is -6.36. The summed E-state index contributed by atoms with van der Waals surface area (Å²) in [6, 6.07) is 28.1. The molecule has 1 unspecified atom stereocenters. The van der Waals surface area contributed by atoms with Gasteiger partial charge in [-0.05, 0) is 75.2 Å². The molecule has 56 heavy (non-hydrogen) atoms. The number of carbonyl (C=O) groups excluding carboxylic acids is 4. The summed E-state index contributed by atoms with van der Waals surface area (Å²) in [6.07, 6.45) is 0.903. The lowest BCUT2D eigenvalue weighted by Gasteiger charge is -2.24. The highest BCUT2D eigenvalue weighted by Crippen LogP contribution is 2.43. The van der Waals surface area contributed by atoms with Crippen LogP contribution in [-0.2, 0) is 28.6 Å². The second-order valence-electron chi connectivity index (χ2n) is 13.6. The van der Waals surface area contributed by atoms with Gasteiger partial charge >= 0.3 is 17.9 Å². The lowest BCUT2D eigenvalue weighted by molar-refractivity contribution is -0.147. The molecule has 0 aliphatic carbocycles. The number of hydrogen-bond acceptors (Lipinski definition) is 7. The van der Waals surface area contributed by atoms with E-state index in [2.05, 4.69) is 4.74 Å². The average Bonchev–Trinajstić information content (AvgIpc) is 3.69. The number of benzene rings is 4. The Labute approximate surface area is 324 Å². The van der Waals surface area contributed by atoms with Crippen molar-refractivity contribution in [3.8, 4) is 22.3 Å². The summed E-state index contributed by atoms with van der Waals surface area (Å²) in [5.41, 5.74) is 6.38. The van der Waals surface area contributed by atoms with Gasteiger partial charge in [0.1, 0.15) is 23.5 Å². The standard InChI is InChI=1S/C27H28FNO6.C18H16FNO/c1-16(2)29-23-9-7-6-8-22(23)26(19-10-12-20(28)13-11-19)27(29)24(35-18(4)31)14-21(34-17(3)30)15-25(32)33-5;1-12(2)20-16-6-4-3-5-15(16)18(17(20)11-21)13-7-9-14(19)10-8-13/h6-13,15-16,24H,14H2,1-5H3;3-12H,1-2H3/b21-15-;. The number of aromatic nitrogens is 2. The number of aldehydes is 1. The maximum atomic E-state index is 13.8. The van der Waals surface area contributed by atoms with Crippen molar-refractivity contribution in [1.29, 1.82) is 0 Å². The molecule has 6 rings (SSSR count). The monoisotopic (exact) mass is 762 g/mol. The first kappa shape index (κ1) is 40.8. The summed E-state index contributed by atoms with van der Waals surface area (Å²) in [6.45, 7) is 10.6. The molecule has 0 N–H and O–H groups in total. The van der Waals surface area contributed by atoms with Crippen LogP contribution in [0.5, 0.6) is 0 Å². The number of fused-ring (bicyclic) bond motifs is 2. The molecule has 2 heterocycles. The Morgan fingerprint density at radius 2 is 1.16 bits per heavy atom. The van der Waals surface area contributed by atoms with Crippen molar-refractivity contribution in [2.24, 2.45) is 0 Å². The van der Waals surface area contributed by atoms with E-state index in [0.717, 1.165) is 56.4 Å². The molecular weight excluding hydrogens is 718 g/mol. The van der Waals surface area contributed by atoms with Crippen molar-refractivity contribution >= 4 is 46.0 Å². The van der Waals surface area contributed by atoms with Gasteiger partial charge in [0.25, 0.3) is 0 Å². The first-order chi connectivity index (χ1) is 26.7. The van der Waals surface area contributed by atoms with Gasteiger partial charge in [0.15, 0.2) is 6.29 Å². The highest BCUT2D eigenvalue weighted by Gasteiger charge is 2.30. The van der Waals surface area contributed by atoms with Gasteiger partial charge in [0, 0.05) is 65.3 Å². The van der Waals surface area contributed by atoms with Gasteiger partial charge in [0.05, 0.1) is 24.6 Å². The SMILES string of the molecule is CC(C)n1c(C=O)c(-c2ccc(F)cc2)c2ccccc21.COC(=O)/C=C(/CC(OC(C)=O)c1c(-c2ccc(F)cc2)c2ccccc2n1C(C)C)OC(C)=O. The van der Waals surface area contributed by atoms with E-state index in [1.807, 2.05) is 85.4 Å². The second-order valence-corrected chi connectivity index (χ2v) is 13.6. The molecule has 11 heteroatoms. The van der Waals surface area contributed by atoms with Crippen LogP contribution in [0.4, 0.5) is 8.78 Å². The van der Waals surface area contributed by atoms with Gasteiger partial charge in [-0.1, -0.05) is 60.7 Å². The summed E-state index contributed by atoms with van der Waals surface area (Å²) < 4.78 is 46.7. The fourth-order valence-corrected chi connectivity index (χ4v) is 7.03. The van der Waals surface area contributed by atoms with Gasteiger partial charge in [-0.2, -0.15) is 0 Å². The maximum absolute atomic E-state index is 13.8. The Bertz CT molecular complexity index is 2410. The summed E-state index contributed by atoms with van der Waals surface area (Å²) in [4.78, 5) is 47.5. The number of methoxy groups -OCH3 is 1. The van der Waals surface area contributed by atoms with Crippen molar-refractivity contribution in [3.05, 3.63) is 132 Å². The van der Waals surface area contributed by atoms with E-state index in [4.69, 9.17) is 9.47 Å². The molecule has 0 fully saturated rings. The topological polar surface area (TPSA) is 106 Å². The molecule has 0 aliphatic rings. The van der Waals surface area contributed by atoms with Crippen LogP contribution in [-0.4, -0.2) is 40.4 Å². The minimum absolute atomic E-state index is 0.0128. The summed E-state index contributed by atoms with van der Waals surface area (Å²) in [7, 11) is 1.21. The van der Waals surface area contributed by atoms with Crippen molar-refractivity contribution in [2.45, 2.75) is 66.2 Å². The van der Waals surface area contributed by atoms with Gasteiger partial charge < -0.3 is 23.3 Å². The number of hydrogen-bond donors (Lipinski definition) is 0. The Morgan fingerprint density at radius 1 is 0.679 bits per heavy atom. The first-order valence-electron chi connectivity index (χ1n) is 18.1. The smallest absolute Gasteiger partial charge is 0.333 e. The molecule has 0 radical (unpaired) electrons. The normalized spacial score (nSPS) is 12.0. The van der Waals surface area contributed by atoms with E-state index < -0.39 is 24.0 Å². The number of rotatable bonds is 11. The number of para-hydroxylation sites is 2. The zero-order chi connectivity index (χ0) is 40.7. The Balaban J connectivity index is 0.000000242. The van der Waals surface area contributed by atoms with Gasteiger partial charge in [0.2, 0.25) is 0 Å². The van der Waals surface area contributed by atoms with Crippen LogP contribution in [0.2, 0.25) is 0 Å². The zero-order valence-corrected chi connectivity index (χ0v) is 32.3. The third-order valence-electron chi connectivity index (χ3n) is 9.06. The van der Waals surface area contributed by atoms with E-state index in [0.29, 0.717) is 11.4 Å². The van der Waals surface area contributed by atoms with Crippen LogP contribution >= 0.6 is 0 Å². The van der Waals surface area contributed by atoms with Crippen molar-refractivity contribution in [3.63, 3.8) is 0 Å². The van der Waals surface area contributed by atoms with Crippen molar-refractivity contribution in [2.75, 3.05) is 7.11 Å². The third-order valence-corrected chi connectivity index (χ3v) is 9.06. The van der Waals surface area contributed by atoms with E-state index in [1.165, 1.54) is 45.2 Å². The van der Waals surface area contributed by atoms with Crippen LogP contribution in [0.25, 0.3) is 44.1 Å². The van der Waals surface area contributed by atoms with Crippen LogP contribution < -0.4 is 0 Å². The summed E-state index contributed by atoms with van der Waals surface area (Å²) >= 11 is 0. The van der Waals surface area contributed by atoms with Crippen LogP contribution in [0.1, 0.15) is 82.3 Å². The highest BCUT2D eigenvalue weighted by molar-refractivity contribution is 6.05. The van der Waals surface area contributed by atoms with E-state index in [9.17, 15) is 28.0 Å². The van der Waals surface area contributed by atoms with Crippen molar-refractivity contribution < 1.29 is 42.2 Å². The largest absolute Gasteiger partial charge is 0.466 e. The number of esters is 3. The molecule has 0 saturated heterocycles. The molecule has 290 valence electrons. The summed E-state index contributed by atoms with van der Waals surface area (Å²) in [5.74, 6) is -2.57. The van der Waals surface area contributed by atoms with Gasteiger partial charge in [-0.15, -0.1) is 0 Å². The molecule has 0 spiro atoms. The fraction of sp³-hybridized carbons (Fsp3) is 0.244. The average molecular weight is 763 g/mol. The summed E-state index contributed by atoms with van der Waals surface area (Å²) in [5, 5.41) is 1.89. The number of ether oxygens (including phenoxy) is 3. The van der Waals surface area contributed by atoms with Crippen LogP contribution in [0, 0.1) is 11.6 Å². The molecule has 0 bridgehead atoms. The van der Waals surface area contributed by atoms with Crippen molar-refractivity contribution in [1.82, 2.24) is 9.13 Å². The predicted molar refractivity (Wildman–Crippen MR) is 212 cm³/mol. The lowest BCUT2D eigenvalue weighted by atomic mass is 9.97. The number of halogens is 2. The first-order valence-corrected chi connectivity index (χ1v) is 18.1. The number of nitrogens with zero attached hydrogens (tertiary/aromatic N) is 2. The zero-order valence-electron chi connectivity index (χ0n) is 32.3. The quantitative estimate of drug-likeness (QED) is 0.0425. The van der Waals surface area contributed by atoms with E-state index in [-0.39, 0.29) is 35.9 Å².